The van der Waals surface area contributed by atoms with Crippen LogP contribution in [0.4, 0.5) is 0 Å². The highest BCUT2D eigenvalue weighted by molar-refractivity contribution is 5.94. The van der Waals surface area contributed by atoms with Crippen molar-refractivity contribution in [2.75, 3.05) is 0 Å². The zero-order valence-corrected chi connectivity index (χ0v) is 17.5. The minimum atomic E-state index is -2.75. The van der Waals surface area contributed by atoms with Crippen LogP contribution in [0, 0.1) is 0 Å². The number of benzene rings is 2. The van der Waals surface area contributed by atoms with Crippen LogP contribution in [0.2, 0.25) is 0 Å². The summed E-state index contributed by atoms with van der Waals surface area (Å²) in [7, 11) is 0. The quantitative estimate of drug-likeness (QED) is 0.135. The first-order valence-electron chi connectivity index (χ1n) is 9.39. The van der Waals surface area contributed by atoms with Crippen molar-refractivity contribution >= 4 is 23.9 Å². The van der Waals surface area contributed by atoms with Gasteiger partial charge in [-0.25, -0.2) is 19.2 Å². The van der Waals surface area contributed by atoms with E-state index in [9.17, 15) is 70.2 Å². The molecule has 16 nitrogen and oxygen atoms in total. The van der Waals surface area contributed by atoms with Crippen LogP contribution in [0.25, 0.3) is 0 Å². The average Bonchev–Trinajstić information content (AvgIpc) is 2.80. The molecule has 2 aromatic carbocycles. The summed E-state index contributed by atoms with van der Waals surface area (Å²) in [5.41, 5.74) is -1.44. The molecule has 0 spiro atoms. The number of esters is 2. The number of carbonyl (C=O) groups excluding carboxylic acids is 2. The van der Waals surface area contributed by atoms with E-state index in [0.717, 1.165) is 0 Å². The molecule has 10 N–H and O–H groups in total. The van der Waals surface area contributed by atoms with E-state index in [1.54, 1.807) is 0 Å². The van der Waals surface area contributed by atoms with Gasteiger partial charge in [0, 0.05) is 0 Å². The molecule has 0 radical (unpaired) electrons. The van der Waals surface area contributed by atoms with Crippen molar-refractivity contribution in [2.24, 2.45) is 0 Å². The molecule has 16 heteroatoms. The number of aliphatic hydroxyl groups is 2. The summed E-state index contributed by atoms with van der Waals surface area (Å²) in [6, 6.07) is 2.24. The van der Waals surface area contributed by atoms with Gasteiger partial charge in [0.25, 0.3) is 0 Å². The van der Waals surface area contributed by atoms with Gasteiger partial charge in [-0.2, -0.15) is 0 Å². The predicted molar refractivity (Wildman–Crippen MR) is 109 cm³/mol. The van der Waals surface area contributed by atoms with Crippen LogP contribution in [-0.2, 0) is 19.1 Å². The van der Waals surface area contributed by atoms with Gasteiger partial charge in [0.1, 0.15) is 12.2 Å². The Balaban J connectivity index is 2.27. The molecular formula is C20H18O16. The third kappa shape index (κ3) is 5.75. The number of carboxylic acids is 2. The Kier molecular flexibility index (Phi) is 7.98. The first-order chi connectivity index (χ1) is 16.6. The van der Waals surface area contributed by atoms with Gasteiger partial charge >= 0.3 is 23.9 Å². The number of aromatic hydroxyl groups is 6. The molecular weight excluding hydrogens is 496 g/mol. The molecule has 0 aliphatic rings. The molecule has 0 aromatic heterocycles. The van der Waals surface area contributed by atoms with Gasteiger partial charge in [-0.1, -0.05) is 0 Å². The number of ether oxygens (including phenoxy) is 2. The molecule has 2 aromatic rings. The number of rotatable bonds is 9. The van der Waals surface area contributed by atoms with Crippen molar-refractivity contribution in [3.63, 3.8) is 0 Å². The summed E-state index contributed by atoms with van der Waals surface area (Å²) in [4.78, 5) is 47.5. The molecule has 0 aliphatic heterocycles. The molecule has 0 aliphatic carbocycles. The lowest BCUT2D eigenvalue weighted by atomic mass is 10.0. The Morgan fingerprint density at radius 3 is 1.03 bits per heavy atom. The predicted octanol–water partition coefficient (Wildman–Crippen LogP) is -1.44. The molecule has 4 atom stereocenters. The second kappa shape index (κ2) is 10.5. The molecule has 194 valence electrons. The smallest absolute Gasteiger partial charge is 0.347 e. The van der Waals surface area contributed by atoms with E-state index in [-0.39, 0.29) is 0 Å². The number of hydrogen-bond acceptors (Lipinski definition) is 14. The van der Waals surface area contributed by atoms with E-state index in [1.807, 2.05) is 0 Å². The zero-order chi connectivity index (χ0) is 27.5. The van der Waals surface area contributed by atoms with Gasteiger partial charge in [0.2, 0.25) is 12.2 Å². The molecule has 2 rings (SSSR count). The van der Waals surface area contributed by atoms with Gasteiger partial charge in [-0.15, -0.1) is 0 Å². The maximum atomic E-state index is 12.2. The number of aliphatic hydroxyl groups excluding tert-OH is 2. The van der Waals surface area contributed by atoms with E-state index >= 15 is 0 Å². The van der Waals surface area contributed by atoms with Crippen LogP contribution < -0.4 is 0 Å². The third-order valence-corrected chi connectivity index (χ3v) is 4.54. The summed E-state index contributed by atoms with van der Waals surface area (Å²) in [6.45, 7) is 0. The minimum absolute atomic E-state index is 0.559. The second-order valence-corrected chi connectivity index (χ2v) is 7.04. The molecule has 36 heavy (non-hydrogen) atoms. The van der Waals surface area contributed by atoms with Gasteiger partial charge in [-0.3, -0.25) is 0 Å². The van der Waals surface area contributed by atoms with Crippen LogP contribution in [0.5, 0.6) is 34.5 Å². The molecule has 0 unspecified atom stereocenters. The molecule has 0 saturated heterocycles. The van der Waals surface area contributed by atoms with Crippen molar-refractivity contribution in [3.8, 4) is 34.5 Å². The topological polar surface area (TPSA) is 289 Å². The van der Waals surface area contributed by atoms with E-state index in [4.69, 9.17) is 0 Å². The Morgan fingerprint density at radius 1 is 0.556 bits per heavy atom. The first-order valence-corrected chi connectivity index (χ1v) is 9.39. The highest BCUT2D eigenvalue weighted by Gasteiger charge is 2.44. The number of carbonyl (C=O) groups is 4. The fourth-order valence-electron chi connectivity index (χ4n) is 2.70. The monoisotopic (exact) mass is 514 g/mol. The third-order valence-electron chi connectivity index (χ3n) is 4.54. The van der Waals surface area contributed by atoms with E-state index in [0.29, 0.717) is 24.3 Å². The van der Waals surface area contributed by atoms with Crippen molar-refractivity contribution in [2.45, 2.75) is 24.4 Å². The largest absolute Gasteiger partial charge is 0.504 e. The Morgan fingerprint density at radius 2 is 0.806 bits per heavy atom. The van der Waals surface area contributed by atoms with Crippen molar-refractivity contribution in [3.05, 3.63) is 35.4 Å². The van der Waals surface area contributed by atoms with Gasteiger partial charge < -0.3 is 60.5 Å². The number of carboxylic acid groups (broad SMARTS) is 2. The number of phenols is 6. The lowest BCUT2D eigenvalue weighted by molar-refractivity contribution is -0.173. The lowest BCUT2D eigenvalue weighted by Crippen LogP contribution is -2.52. The van der Waals surface area contributed by atoms with Gasteiger partial charge in [-0.05, 0) is 24.3 Å². The van der Waals surface area contributed by atoms with Crippen LogP contribution in [0.3, 0.4) is 0 Å². The van der Waals surface area contributed by atoms with Crippen LogP contribution >= 0.6 is 0 Å². The summed E-state index contributed by atoms with van der Waals surface area (Å²) in [5.74, 6) is -13.5. The number of aliphatic carboxylic acids is 2. The Hall–Kier alpha value is -4.96. The number of phenolic OH excluding ortho intramolecular Hbond substituents is 6. The van der Waals surface area contributed by atoms with Crippen molar-refractivity contribution < 1.29 is 79.7 Å². The lowest BCUT2D eigenvalue weighted by Gasteiger charge is -2.27. The molecule has 0 bridgehead atoms. The Bertz CT molecular complexity index is 1060. The normalized spacial score (nSPS) is 14.2. The van der Waals surface area contributed by atoms with Crippen LogP contribution in [0.1, 0.15) is 20.7 Å². The van der Waals surface area contributed by atoms with Gasteiger partial charge in [0.05, 0.1) is 11.1 Å². The summed E-state index contributed by atoms with van der Waals surface area (Å²) in [6.07, 6.45) is -10.9. The second-order valence-electron chi connectivity index (χ2n) is 7.04. The first kappa shape index (κ1) is 27.3. The van der Waals surface area contributed by atoms with Gasteiger partial charge in [0.15, 0.2) is 34.5 Å². The highest BCUT2D eigenvalue weighted by atomic mass is 16.6. The summed E-state index contributed by atoms with van der Waals surface area (Å²) >= 11 is 0. The fraction of sp³-hybridized carbons (Fsp3) is 0.200. The zero-order valence-electron chi connectivity index (χ0n) is 17.5. The Labute approximate surface area is 198 Å². The summed E-state index contributed by atoms with van der Waals surface area (Å²) < 4.78 is 9.03. The van der Waals surface area contributed by atoms with E-state index in [1.165, 1.54) is 0 Å². The maximum absolute atomic E-state index is 12.2. The van der Waals surface area contributed by atoms with Crippen molar-refractivity contribution in [1.82, 2.24) is 0 Å². The maximum Gasteiger partial charge on any atom is 0.347 e. The standard InChI is InChI=1S/C20H18O16/c21-7-1-5(2-8(22)11(7)25)19(33)35-15(17(29)30)13(27)14(28)16(18(31)32)36-20(34)6-3-9(23)12(26)10(24)4-6/h1-4,13-16,21-28H,(H,29,30)(H,31,32)/t13-,14+,15+,16-. The average molecular weight is 514 g/mol. The molecule has 0 saturated carbocycles. The minimum Gasteiger partial charge on any atom is -0.504 e. The van der Waals surface area contributed by atoms with Crippen LogP contribution in [-0.4, -0.2) is 99.4 Å². The van der Waals surface area contributed by atoms with Crippen molar-refractivity contribution in [1.29, 1.82) is 0 Å². The summed E-state index contributed by atoms with van der Waals surface area (Å²) in [5, 5.41) is 95.4. The molecule has 0 fully saturated rings. The SMILES string of the molecule is O=C(O[C@H](C(=O)O)[C@H](O)[C@H](O)[C@@H](OC(=O)c1cc(O)c(O)c(O)c1)C(=O)O)c1cc(O)c(O)c(O)c1. The van der Waals surface area contributed by atoms with E-state index in [2.05, 4.69) is 9.47 Å². The van der Waals surface area contributed by atoms with Crippen LogP contribution in [0.15, 0.2) is 24.3 Å². The number of hydrogen-bond donors (Lipinski definition) is 10. The molecule has 0 heterocycles. The molecule has 0 amide bonds. The van der Waals surface area contributed by atoms with E-state index < -0.39 is 93.9 Å². The highest BCUT2D eigenvalue weighted by Crippen LogP contribution is 2.36. The fourth-order valence-corrected chi connectivity index (χ4v) is 2.70.